The first kappa shape index (κ1) is 10.4. The first-order chi connectivity index (χ1) is 6.31. The molecule has 0 amide bonds. The normalized spacial score (nSPS) is 54.6. The van der Waals surface area contributed by atoms with Gasteiger partial charge in [-0.15, -0.1) is 0 Å². The summed E-state index contributed by atoms with van der Waals surface area (Å²) in [6.45, 7) is 6.40. The van der Waals surface area contributed by atoms with E-state index >= 15 is 0 Å². The number of nitriles is 1. The van der Waals surface area contributed by atoms with Crippen molar-refractivity contribution in [3.05, 3.63) is 0 Å². The zero-order valence-electron chi connectivity index (χ0n) is 8.84. The summed E-state index contributed by atoms with van der Waals surface area (Å²) in [6, 6.07) is 2.13. The summed E-state index contributed by atoms with van der Waals surface area (Å²) in [5.41, 5.74) is -1.42. The summed E-state index contributed by atoms with van der Waals surface area (Å²) in [5.74, 6) is 0.414. The third-order valence-electron chi connectivity index (χ3n) is 5.07. The van der Waals surface area contributed by atoms with E-state index in [1.165, 1.54) is 0 Å². The maximum absolute atomic E-state index is 10.4. The summed E-state index contributed by atoms with van der Waals surface area (Å²) in [7, 11) is 0. The van der Waals surface area contributed by atoms with E-state index in [1.807, 2.05) is 0 Å². The van der Waals surface area contributed by atoms with E-state index < -0.39 is 5.60 Å². The molecule has 0 aliphatic heterocycles. The van der Waals surface area contributed by atoms with Crippen molar-refractivity contribution in [3.63, 3.8) is 0 Å². The van der Waals surface area contributed by atoms with Crippen molar-refractivity contribution >= 4 is 15.9 Å². The van der Waals surface area contributed by atoms with E-state index in [9.17, 15) is 10.4 Å². The van der Waals surface area contributed by atoms with Gasteiger partial charge in [0.1, 0.15) is 0 Å². The van der Waals surface area contributed by atoms with E-state index in [-0.39, 0.29) is 15.7 Å². The van der Waals surface area contributed by atoms with Crippen molar-refractivity contribution in [2.75, 3.05) is 0 Å². The van der Waals surface area contributed by atoms with Gasteiger partial charge in [-0.3, -0.25) is 0 Å². The van der Waals surface area contributed by atoms with Crippen LogP contribution in [0, 0.1) is 28.1 Å². The van der Waals surface area contributed by atoms with Crippen molar-refractivity contribution in [1.82, 2.24) is 0 Å². The molecule has 2 saturated carbocycles. The summed E-state index contributed by atoms with van der Waals surface area (Å²) in [6.07, 6.45) is 2.07. The highest BCUT2D eigenvalue weighted by Crippen LogP contribution is 2.71. The summed E-state index contributed by atoms with van der Waals surface area (Å²) in [4.78, 5) is -0.0752. The van der Waals surface area contributed by atoms with Crippen LogP contribution in [-0.2, 0) is 0 Å². The minimum absolute atomic E-state index is 0.0473. The molecule has 0 saturated heterocycles. The molecule has 2 nitrogen and oxygen atoms in total. The lowest BCUT2D eigenvalue weighted by atomic mass is 9.65. The highest BCUT2D eigenvalue weighted by atomic mass is 79.9. The lowest BCUT2D eigenvalue weighted by Crippen LogP contribution is -2.50. The molecule has 2 fully saturated rings. The SMILES string of the molecule is CC1(C)[C@@H]2CC[C@@]1(C)[C@@](O)(C#N)[C@H]2Br. The molecule has 2 rings (SSSR count). The first-order valence-electron chi connectivity index (χ1n) is 5.09. The molecule has 2 aliphatic rings. The molecule has 0 unspecified atom stereocenters. The molecule has 1 N–H and O–H groups in total. The number of alkyl halides is 1. The summed E-state index contributed by atoms with van der Waals surface area (Å²) < 4.78 is 0. The maximum Gasteiger partial charge on any atom is 0.169 e. The molecule has 4 atom stereocenters. The highest BCUT2D eigenvalue weighted by molar-refractivity contribution is 9.09. The molecule has 14 heavy (non-hydrogen) atoms. The Morgan fingerprint density at radius 3 is 2.29 bits per heavy atom. The Kier molecular flexibility index (Phi) is 1.89. The van der Waals surface area contributed by atoms with Gasteiger partial charge in [-0.2, -0.15) is 5.26 Å². The Bertz CT molecular complexity index is 322. The minimum Gasteiger partial charge on any atom is -0.374 e. The molecule has 0 aromatic carbocycles. The average molecular weight is 258 g/mol. The molecule has 0 heterocycles. The molecule has 78 valence electrons. The zero-order chi connectivity index (χ0) is 10.8. The number of hydrogen-bond acceptors (Lipinski definition) is 2. The third-order valence-corrected chi connectivity index (χ3v) is 6.37. The zero-order valence-corrected chi connectivity index (χ0v) is 10.4. The van der Waals surface area contributed by atoms with Gasteiger partial charge in [0.2, 0.25) is 0 Å². The standard InChI is InChI=1S/C11H16BrNO/c1-9(2)7-4-5-10(9,3)11(14,6-13)8(7)12/h7-8,14H,4-5H2,1-3H3/t7-,8+,10-,11-/m1/s1. The van der Waals surface area contributed by atoms with Crippen molar-refractivity contribution in [1.29, 1.82) is 5.26 Å². The number of hydrogen-bond donors (Lipinski definition) is 1. The van der Waals surface area contributed by atoms with Gasteiger partial charge in [-0.25, -0.2) is 0 Å². The van der Waals surface area contributed by atoms with Crippen LogP contribution < -0.4 is 0 Å². The van der Waals surface area contributed by atoms with Gasteiger partial charge in [0.25, 0.3) is 0 Å². The molecule has 2 aliphatic carbocycles. The van der Waals surface area contributed by atoms with Gasteiger partial charge < -0.3 is 5.11 Å². The van der Waals surface area contributed by atoms with Crippen molar-refractivity contribution in [2.45, 2.75) is 44.0 Å². The highest BCUT2D eigenvalue weighted by Gasteiger charge is 2.73. The second kappa shape index (κ2) is 2.54. The Balaban J connectivity index is 2.59. The largest absolute Gasteiger partial charge is 0.374 e. The Morgan fingerprint density at radius 1 is 1.43 bits per heavy atom. The monoisotopic (exact) mass is 257 g/mol. The van der Waals surface area contributed by atoms with Crippen molar-refractivity contribution < 1.29 is 5.11 Å². The predicted molar refractivity (Wildman–Crippen MR) is 57.9 cm³/mol. The van der Waals surface area contributed by atoms with Crippen LogP contribution in [-0.4, -0.2) is 15.5 Å². The minimum atomic E-state index is -1.20. The van der Waals surface area contributed by atoms with E-state index in [0.29, 0.717) is 5.92 Å². The van der Waals surface area contributed by atoms with E-state index in [4.69, 9.17) is 0 Å². The number of aliphatic hydroxyl groups is 1. The molecular weight excluding hydrogens is 242 g/mol. The summed E-state index contributed by atoms with van der Waals surface area (Å²) in [5, 5.41) is 19.6. The predicted octanol–water partition coefficient (Wildman–Crippen LogP) is 2.46. The summed E-state index contributed by atoms with van der Waals surface area (Å²) >= 11 is 3.52. The van der Waals surface area contributed by atoms with Crippen LogP contribution in [0.2, 0.25) is 0 Å². The topological polar surface area (TPSA) is 44.0 Å². The molecule has 2 bridgehead atoms. The smallest absolute Gasteiger partial charge is 0.169 e. The Hall–Kier alpha value is -0.0700. The van der Waals surface area contributed by atoms with Crippen LogP contribution in [0.5, 0.6) is 0 Å². The lowest BCUT2D eigenvalue weighted by Gasteiger charge is -2.41. The number of fused-ring (bicyclic) bond motifs is 2. The fourth-order valence-corrected chi connectivity index (χ4v) is 5.04. The maximum atomic E-state index is 10.4. The molecular formula is C11H16BrNO. The van der Waals surface area contributed by atoms with Crippen LogP contribution in [0.15, 0.2) is 0 Å². The van der Waals surface area contributed by atoms with Gasteiger partial charge in [-0.1, -0.05) is 36.7 Å². The molecule has 3 heteroatoms. The molecule has 0 spiro atoms. The second-order valence-electron chi connectivity index (χ2n) is 5.48. The van der Waals surface area contributed by atoms with Crippen molar-refractivity contribution in [3.8, 4) is 6.07 Å². The van der Waals surface area contributed by atoms with Gasteiger partial charge in [0.05, 0.1) is 10.9 Å². The average Bonchev–Trinajstić information content (AvgIpc) is 2.41. The molecule has 0 aromatic heterocycles. The first-order valence-corrected chi connectivity index (χ1v) is 6.00. The van der Waals surface area contributed by atoms with Crippen LogP contribution in [0.4, 0.5) is 0 Å². The Labute approximate surface area is 93.4 Å². The van der Waals surface area contributed by atoms with Crippen LogP contribution in [0.3, 0.4) is 0 Å². The van der Waals surface area contributed by atoms with Gasteiger partial charge in [-0.05, 0) is 24.2 Å². The third kappa shape index (κ3) is 0.773. The van der Waals surface area contributed by atoms with Gasteiger partial charge in [0, 0.05) is 5.41 Å². The molecule has 0 aromatic rings. The van der Waals surface area contributed by atoms with Crippen LogP contribution in [0.25, 0.3) is 0 Å². The quantitative estimate of drug-likeness (QED) is 0.535. The van der Waals surface area contributed by atoms with Gasteiger partial charge >= 0.3 is 0 Å². The molecule has 0 radical (unpaired) electrons. The van der Waals surface area contributed by atoms with E-state index in [0.717, 1.165) is 12.8 Å². The number of rotatable bonds is 0. The van der Waals surface area contributed by atoms with E-state index in [1.54, 1.807) is 0 Å². The number of nitrogens with zero attached hydrogens (tertiary/aromatic N) is 1. The van der Waals surface area contributed by atoms with Crippen molar-refractivity contribution in [2.24, 2.45) is 16.7 Å². The second-order valence-corrected chi connectivity index (χ2v) is 6.47. The fourth-order valence-electron chi connectivity index (χ4n) is 3.51. The number of halogens is 1. The van der Waals surface area contributed by atoms with Crippen LogP contribution >= 0.6 is 15.9 Å². The fraction of sp³-hybridized carbons (Fsp3) is 0.909. The lowest BCUT2D eigenvalue weighted by molar-refractivity contribution is -0.0409. The van der Waals surface area contributed by atoms with Gasteiger partial charge in [0.15, 0.2) is 5.60 Å². The van der Waals surface area contributed by atoms with E-state index in [2.05, 4.69) is 42.8 Å². The Morgan fingerprint density at radius 2 is 2.00 bits per heavy atom. The van der Waals surface area contributed by atoms with Crippen LogP contribution in [0.1, 0.15) is 33.6 Å².